The topological polar surface area (TPSA) is 94.1 Å². The monoisotopic (exact) mass is 586 g/mol. The van der Waals surface area contributed by atoms with Gasteiger partial charge < -0.3 is 19.1 Å². The molecule has 0 amide bonds. The molecule has 11 heteroatoms. The average Bonchev–Trinajstić information content (AvgIpc) is 3.55. The van der Waals surface area contributed by atoms with Gasteiger partial charge in [-0.25, -0.2) is 17.7 Å². The summed E-state index contributed by atoms with van der Waals surface area (Å²) in [5, 5.41) is 2.13. The van der Waals surface area contributed by atoms with Crippen molar-refractivity contribution in [2.75, 3.05) is 29.5 Å². The van der Waals surface area contributed by atoms with E-state index in [1.165, 1.54) is 15.6 Å². The number of fused-ring (bicyclic) bond motifs is 1. The molecule has 41 heavy (non-hydrogen) atoms. The van der Waals surface area contributed by atoms with E-state index in [1.807, 2.05) is 36.4 Å². The lowest BCUT2D eigenvalue weighted by Gasteiger charge is -2.33. The van der Waals surface area contributed by atoms with Crippen LogP contribution >= 0.6 is 11.3 Å². The Balaban J connectivity index is 1.33. The minimum atomic E-state index is -3.98. The highest BCUT2D eigenvalue weighted by Crippen LogP contribution is 2.43. The van der Waals surface area contributed by atoms with Crippen LogP contribution in [0.15, 0.2) is 108 Å². The highest BCUT2D eigenvalue weighted by atomic mass is 32.2. The molecule has 0 fully saturated rings. The maximum atomic E-state index is 14.0. The number of hydrogen-bond donors (Lipinski definition) is 0. The molecule has 3 aromatic carbocycles. The van der Waals surface area contributed by atoms with Crippen molar-refractivity contribution >= 4 is 37.9 Å². The SMILES string of the molecule is COc1ccc(CN(c2nccs2)S(=O)(=O)c2ccc3c(c2)OCCN3c2ccccc2Oc2ccncc2)cc1. The molecule has 0 spiro atoms. The van der Waals surface area contributed by atoms with Crippen molar-refractivity contribution in [2.45, 2.75) is 11.4 Å². The summed E-state index contributed by atoms with van der Waals surface area (Å²) in [6.07, 6.45) is 4.94. The Hall–Kier alpha value is -4.61. The maximum absolute atomic E-state index is 14.0. The first-order valence-corrected chi connectivity index (χ1v) is 15.1. The lowest BCUT2D eigenvalue weighted by atomic mass is 10.2. The molecule has 6 rings (SSSR count). The van der Waals surface area contributed by atoms with Crippen LogP contribution in [0.4, 0.5) is 16.5 Å². The summed E-state index contributed by atoms with van der Waals surface area (Å²) in [6.45, 7) is 1.06. The minimum absolute atomic E-state index is 0.114. The van der Waals surface area contributed by atoms with Crippen molar-refractivity contribution < 1.29 is 22.6 Å². The Kier molecular flexibility index (Phi) is 7.45. The van der Waals surface area contributed by atoms with E-state index in [2.05, 4.69) is 14.9 Å². The molecular weight excluding hydrogens is 560 g/mol. The predicted octanol–water partition coefficient (Wildman–Crippen LogP) is 6.27. The lowest BCUT2D eigenvalue weighted by molar-refractivity contribution is 0.312. The lowest BCUT2D eigenvalue weighted by Crippen LogP contribution is -2.31. The zero-order valence-corrected chi connectivity index (χ0v) is 23.7. The normalized spacial score (nSPS) is 12.8. The van der Waals surface area contributed by atoms with E-state index in [9.17, 15) is 8.42 Å². The number of ether oxygens (including phenoxy) is 3. The van der Waals surface area contributed by atoms with E-state index < -0.39 is 10.0 Å². The van der Waals surface area contributed by atoms with E-state index in [1.54, 1.807) is 73.5 Å². The van der Waals surface area contributed by atoms with Gasteiger partial charge in [0.1, 0.15) is 23.9 Å². The van der Waals surface area contributed by atoms with Crippen molar-refractivity contribution in [2.24, 2.45) is 0 Å². The standard InChI is InChI=1S/C30H26N4O5S2/c1-37-23-8-6-22(7-9-23)21-34(30-32-16-19-40-30)41(35,36)25-10-11-27-29(20-25)38-18-17-33(27)26-4-2-3-5-28(26)39-24-12-14-31-15-13-24/h2-16,19-20H,17-18,21H2,1H3. The number of thiazole rings is 1. The number of sulfonamides is 1. The molecule has 5 aromatic rings. The van der Waals surface area contributed by atoms with E-state index in [-0.39, 0.29) is 11.4 Å². The number of rotatable bonds is 9. The summed E-state index contributed by atoms with van der Waals surface area (Å²) in [7, 11) is -2.39. The number of pyridine rings is 1. The predicted molar refractivity (Wildman–Crippen MR) is 158 cm³/mol. The molecule has 0 saturated heterocycles. The number of methoxy groups -OCH3 is 1. The summed E-state index contributed by atoms with van der Waals surface area (Å²) >= 11 is 1.26. The van der Waals surface area contributed by atoms with Crippen molar-refractivity contribution in [3.8, 4) is 23.0 Å². The van der Waals surface area contributed by atoms with Gasteiger partial charge in [-0.05, 0) is 54.1 Å². The van der Waals surface area contributed by atoms with Gasteiger partial charge in [-0.15, -0.1) is 11.3 Å². The number of nitrogens with zero attached hydrogens (tertiary/aromatic N) is 4. The summed E-state index contributed by atoms with van der Waals surface area (Å²) in [5.41, 5.74) is 2.39. The van der Waals surface area contributed by atoms with Gasteiger partial charge in [0.15, 0.2) is 10.9 Å². The highest BCUT2D eigenvalue weighted by molar-refractivity contribution is 7.93. The first kappa shape index (κ1) is 26.6. The van der Waals surface area contributed by atoms with Crippen LogP contribution in [0, 0.1) is 0 Å². The van der Waals surface area contributed by atoms with Gasteiger partial charge in [-0.3, -0.25) is 4.98 Å². The largest absolute Gasteiger partial charge is 0.497 e. The summed E-state index contributed by atoms with van der Waals surface area (Å²) in [6, 6.07) is 23.6. The number of para-hydroxylation sites is 2. The second kappa shape index (κ2) is 11.5. The van der Waals surface area contributed by atoms with Crippen LogP contribution in [0.25, 0.3) is 0 Å². The summed E-state index contributed by atoms with van der Waals surface area (Å²) in [4.78, 5) is 10.5. The second-order valence-electron chi connectivity index (χ2n) is 9.06. The molecule has 1 aliphatic rings. The molecule has 1 aliphatic heterocycles. The zero-order valence-electron chi connectivity index (χ0n) is 22.1. The number of aromatic nitrogens is 2. The van der Waals surface area contributed by atoms with Gasteiger partial charge in [-0.2, -0.15) is 0 Å². The van der Waals surface area contributed by atoms with Crippen LogP contribution in [0.1, 0.15) is 5.56 Å². The quantitative estimate of drug-likeness (QED) is 0.200. The van der Waals surface area contributed by atoms with E-state index >= 15 is 0 Å². The molecule has 2 aromatic heterocycles. The Morgan fingerprint density at radius 2 is 1.76 bits per heavy atom. The minimum Gasteiger partial charge on any atom is -0.497 e. The molecule has 0 aliphatic carbocycles. The Bertz CT molecular complexity index is 1730. The van der Waals surface area contributed by atoms with Gasteiger partial charge in [0.2, 0.25) is 0 Å². The number of benzene rings is 3. The van der Waals surface area contributed by atoms with Gasteiger partial charge in [0.25, 0.3) is 10.0 Å². The van der Waals surface area contributed by atoms with Crippen LogP contribution in [0.5, 0.6) is 23.0 Å². The smallest absolute Gasteiger partial charge is 0.266 e. The molecular formula is C30H26N4O5S2. The second-order valence-corrected chi connectivity index (χ2v) is 11.8. The third kappa shape index (κ3) is 5.54. The van der Waals surface area contributed by atoms with Crippen LogP contribution in [-0.4, -0.2) is 38.6 Å². The van der Waals surface area contributed by atoms with Crippen LogP contribution in [0.2, 0.25) is 0 Å². The van der Waals surface area contributed by atoms with Gasteiger partial charge >= 0.3 is 0 Å². The molecule has 0 saturated carbocycles. The molecule has 3 heterocycles. The Labute approximate surface area is 242 Å². The van der Waals surface area contributed by atoms with Gasteiger partial charge in [-0.1, -0.05) is 24.3 Å². The van der Waals surface area contributed by atoms with Crippen LogP contribution < -0.4 is 23.4 Å². The average molecular weight is 587 g/mol. The molecule has 208 valence electrons. The fraction of sp³-hybridized carbons (Fsp3) is 0.133. The van der Waals surface area contributed by atoms with Crippen LogP contribution in [0.3, 0.4) is 0 Å². The first-order valence-electron chi connectivity index (χ1n) is 12.8. The van der Waals surface area contributed by atoms with Crippen molar-refractivity contribution in [1.82, 2.24) is 9.97 Å². The van der Waals surface area contributed by atoms with E-state index in [0.29, 0.717) is 41.3 Å². The van der Waals surface area contributed by atoms with Gasteiger partial charge in [0, 0.05) is 30.0 Å². The maximum Gasteiger partial charge on any atom is 0.266 e. The van der Waals surface area contributed by atoms with Crippen molar-refractivity contribution in [3.63, 3.8) is 0 Å². The Morgan fingerprint density at radius 1 is 0.951 bits per heavy atom. The fourth-order valence-electron chi connectivity index (χ4n) is 4.53. The molecule has 0 N–H and O–H groups in total. The van der Waals surface area contributed by atoms with Crippen molar-refractivity contribution in [3.05, 3.63) is 108 Å². The number of hydrogen-bond acceptors (Lipinski definition) is 9. The highest BCUT2D eigenvalue weighted by Gasteiger charge is 2.30. The van der Waals surface area contributed by atoms with Gasteiger partial charge in [0.05, 0.1) is 36.5 Å². The molecule has 9 nitrogen and oxygen atoms in total. The summed E-state index contributed by atoms with van der Waals surface area (Å²) in [5.74, 6) is 2.50. The van der Waals surface area contributed by atoms with E-state index in [4.69, 9.17) is 14.2 Å². The molecule has 0 bridgehead atoms. The van der Waals surface area contributed by atoms with Crippen LogP contribution in [-0.2, 0) is 16.6 Å². The fourth-order valence-corrected chi connectivity index (χ4v) is 6.82. The Morgan fingerprint density at radius 3 is 2.51 bits per heavy atom. The summed E-state index contributed by atoms with van der Waals surface area (Å²) < 4.78 is 46.8. The van der Waals surface area contributed by atoms with Crippen molar-refractivity contribution in [1.29, 1.82) is 0 Å². The molecule has 0 unspecified atom stereocenters. The third-order valence-electron chi connectivity index (χ3n) is 6.53. The zero-order chi connectivity index (χ0) is 28.2. The molecule has 0 radical (unpaired) electrons. The molecule has 0 atom stereocenters. The van der Waals surface area contributed by atoms with E-state index in [0.717, 1.165) is 16.9 Å². The first-order chi connectivity index (χ1) is 20.0. The third-order valence-corrected chi connectivity index (χ3v) is 9.18. The number of anilines is 3.